The highest BCUT2D eigenvalue weighted by Gasteiger charge is 2.16. The summed E-state index contributed by atoms with van der Waals surface area (Å²) in [6, 6.07) is 9.72. The van der Waals surface area contributed by atoms with E-state index in [-0.39, 0.29) is 17.3 Å². The average Bonchev–Trinajstić information content (AvgIpc) is 2.93. The van der Waals surface area contributed by atoms with Gasteiger partial charge >= 0.3 is 6.03 Å². The second-order valence-electron chi connectivity index (χ2n) is 11.4. The van der Waals surface area contributed by atoms with E-state index in [9.17, 15) is 14.3 Å². The van der Waals surface area contributed by atoms with Gasteiger partial charge in [0.15, 0.2) is 0 Å². The number of rotatable bonds is 10. The van der Waals surface area contributed by atoms with Crippen LogP contribution in [0.2, 0.25) is 0 Å². The van der Waals surface area contributed by atoms with E-state index in [1.807, 2.05) is 48.5 Å². The fourth-order valence-corrected chi connectivity index (χ4v) is 4.34. The van der Waals surface area contributed by atoms with Crippen LogP contribution in [0.3, 0.4) is 0 Å². The molecule has 230 valence electrons. The van der Waals surface area contributed by atoms with E-state index in [0.29, 0.717) is 11.3 Å². The number of amidine groups is 1. The molecule has 2 heterocycles. The van der Waals surface area contributed by atoms with Crippen LogP contribution in [-0.4, -0.2) is 56.0 Å². The second kappa shape index (κ2) is 15.2. The van der Waals surface area contributed by atoms with Crippen molar-refractivity contribution in [2.24, 2.45) is 23.2 Å². The maximum absolute atomic E-state index is 15.0. The van der Waals surface area contributed by atoms with Gasteiger partial charge in [0.25, 0.3) is 0 Å². The molecule has 43 heavy (non-hydrogen) atoms. The highest BCUT2D eigenvalue weighted by Crippen LogP contribution is 2.25. The molecule has 0 unspecified atom stereocenters. The van der Waals surface area contributed by atoms with Gasteiger partial charge in [-0.05, 0) is 73.9 Å². The van der Waals surface area contributed by atoms with Crippen LogP contribution in [0, 0.1) is 11.2 Å². The molecule has 0 spiro atoms. The topological polar surface area (TPSA) is 125 Å². The van der Waals surface area contributed by atoms with Crippen molar-refractivity contribution in [3.8, 4) is 22.4 Å². The first-order chi connectivity index (χ1) is 20.4. The van der Waals surface area contributed by atoms with Crippen molar-refractivity contribution in [2.45, 2.75) is 47.5 Å². The molecule has 2 aromatic heterocycles. The zero-order chi connectivity index (χ0) is 31.6. The molecule has 0 saturated carbocycles. The van der Waals surface area contributed by atoms with Crippen molar-refractivity contribution in [3.63, 3.8) is 0 Å². The number of aliphatic imine (C=N–C) groups is 1. The maximum Gasteiger partial charge on any atom is 0.347 e. The number of hydrogen-bond acceptors (Lipinski definition) is 4. The summed E-state index contributed by atoms with van der Waals surface area (Å²) in [5.41, 5.74) is 9.53. The Kier molecular flexibility index (Phi) is 11.7. The molecule has 1 aromatic carbocycles. The second-order valence-corrected chi connectivity index (χ2v) is 11.4. The lowest BCUT2D eigenvalue weighted by Crippen LogP contribution is -2.24. The van der Waals surface area contributed by atoms with Gasteiger partial charge in [0.1, 0.15) is 17.4 Å². The normalized spacial score (nSPS) is 12.4. The van der Waals surface area contributed by atoms with E-state index >= 15 is 0 Å². The molecule has 10 heteroatoms. The van der Waals surface area contributed by atoms with Gasteiger partial charge in [-0.15, -0.1) is 0 Å². The van der Waals surface area contributed by atoms with Crippen molar-refractivity contribution >= 4 is 17.6 Å². The predicted molar refractivity (Wildman–Crippen MR) is 173 cm³/mol. The Balaban J connectivity index is 1.76. The van der Waals surface area contributed by atoms with Gasteiger partial charge in [-0.25, -0.2) is 9.18 Å². The zero-order valence-electron chi connectivity index (χ0n) is 26.0. The number of aromatic amines is 1. The Labute approximate surface area is 253 Å². The molecule has 9 nitrogen and oxygen atoms in total. The number of aliphatic hydroxyl groups is 1. The lowest BCUT2D eigenvalue weighted by molar-refractivity contribution is 0.259. The number of amides is 2. The number of aryl methyl sites for hydroxylation is 2. The number of anilines is 1. The first kappa shape index (κ1) is 33.1. The molecule has 0 radical (unpaired) electrons. The minimum Gasteiger partial charge on any atom is -0.512 e. The standard InChI is InChI=1S/C33H44FN7O2/c1-7-41(8-2)17-9-10-26-18-23(13-15-36-26)25-14-16-37-29(22-40(6)21-25)24-11-12-28(27(34)19-24)38-32(43)39-31(35)20-30(42)33(3,4)5/h11-16,18-22,37,42H,7-10,17H2,1-6H3,(H3,35,38,39,43)/b16-14?,25-21?,29-22?,30-20-. The van der Waals surface area contributed by atoms with Crippen molar-refractivity contribution in [1.29, 1.82) is 0 Å². The van der Waals surface area contributed by atoms with Gasteiger partial charge in [-0.1, -0.05) is 40.7 Å². The molecular formula is C33H44FN7O2. The van der Waals surface area contributed by atoms with Crippen LogP contribution in [0.1, 0.15) is 46.7 Å². The number of nitrogens with one attached hydrogen (secondary N) is 2. The number of pyridine rings is 1. The predicted octanol–water partition coefficient (Wildman–Crippen LogP) is 7.00. The highest BCUT2D eigenvalue weighted by molar-refractivity contribution is 6.03. The number of nitrogens with zero attached hydrogens (tertiary/aromatic N) is 4. The van der Waals surface area contributed by atoms with Gasteiger partial charge < -0.3 is 30.6 Å². The van der Waals surface area contributed by atoms with Crippen molar-refractivity contribution in [3.05, 3.63) is 84.5 Å². The smallest absolute Gasteiger partial charge is 0.347 e. The maximum atomic E-state index is 15.0. The number of benzene rings is 1. The number of aliphatic hydroxyl groups excluding tert-OH is 1. The highest BCUT2D eigenvalue weighted by atomic mass is 19.1. The largest absolute Gasteiger partial charge is 0.512 e. The third-order valence-corrected chi connectivity index (χ3v) is 6.93. The molecule has 5 N–H and O–H groups in total. The summed E-state index contributed by atoms with van der Waals surface area (Å²) in [4.78, 5) is 26.2. The van der Waals surface area contributed by atoms with Crippen molar-refractivity contribution < 1.29 is 14.3 Å². The molecule has 0 bridgehead atoms. The third kappa shape index (κ3) is 10.1. The zero-order valence-corrected chi connectivity index (χ0v) is 26.0. The molecule has 0 aliphatic heterocycles. The van der Waals surface area contributed by atoms with E-state index in [2.05, 4.69) is 45.1 Å². The molecule has 0 fully saturated rings. The minimum atomic E-state index is -0.853. The summed E-state index contributed by atoms with van der Waals surface area (Å²) in [6.07, 6.45) is 10.7. The molecule has 3 aromatic rings. The van der Waals surface area contributed by atoms with E-state index in [1.54, 1.807) is 26.8 Å². The molecule has 3 rings (SSSR count). The summed E-state index contributed by atoms with van der Waals surface area (Å²) in [5.74, 6) is -0.845. The molecular weight excluding hydrogens is 545 g/mol. The average molecular weight is 590 g/mol. The Bertz CT molecular complexity index is 1510. The number of carbonyl (C=O) groups is 1. The Morgan fingerprint density at radius 1 is 1.14 bits per heavy atom. The van der Waals surface area contributed by atoms with Crippen LogP contribution < -0.4 is 11.1 Å². The number of hydrogen-bond donors (Lipinski definition) is 4. The fourth-order valence-electron chi connectivity index (χ4n) is 4.34. The summed E-state index contributed by atoms with van der Waals surface area (Å²) >= 11 is 0. The van der Waals surface area contributed by atoms with Gasteiger partial charge in [-0.3, -0.25) is 4.98 Å². The van der Waals surface area contributed by atoms with Crippen LogP contribution in [0.15, 0.2) is 78.0 Å². The van der Waals surface area contributed by atoms with Gasteiger partial charge in [0, 0.05) is 54.6 Å². The first-order valence-electron chi connectivity index (χ1n) is 14.5. The monoisotopic (exact) mass is 589 g/mol. The van der Waals surface area contributed by atoms with Crippen LogP contribution in [0.5, 0.6) is 0 Å². The van der Waals surface area contributed by atoms with Gasteiger partial charge in [0.2, 0.25) is 0 Å². The quantitative estimate of drug-likeness (QED) is 0.115. The number of H-pyrrole nitrogens is 1. The molecule has 0 atom stereocenters. The van der Waals surface area contributed by atoms with Gasteiger partial charge in [0.05, 0.1) is 11.4 Å². The van der Waals surface area contributed by atoms with Crippen LogP contribution in [0.4, 0.5) is 14.9 Å². The van der Waals surface area contributed by atoms with Crippen LogP contribution in [-0.2, 0) is 13.5 Å². The fraction of sp³-hybridized carbons (Fsp3) is 0.364. The molecule has 2 amide bonds. The van der Waals surface area contributed by atoms with E-state index in [4.69, 9.17) is 5.73 Å². The number of aromatic nitrogens is 3. The van der Waals surface area contributed by atoms with E-state index in [0.717, 1.165) is 49.3 Å². The van der Waals surface area contributed by atoms with Crippen molar-refractivity contribution in [2.75, 3.05) is 25.0 Å². The molecule has 0 aliphatic rings. The number of allylic oxidation sites excluding steroid dienone is 1. The summed E-state index contributed by atoms with van der Waals surface area (Å²) < 4.78 is 16.9. The Morgan fingerprint density at radius 2 is 1.88 bits per heavy atom. The molecule has 0 aliphatic carbocycles. The minimum absolute atomic E-state index is 0.0232. The summed E-state index contributed by atoms with van der Waals surface area (Å²) in [7, 11) is 1.91. The summed E-state index contributed by atoms with van der Waals surface area (Å²) in [6.45, 7) is 12.9. The third-order valence-electron chi connectivity index (χ3n) is 6.93. The number of urea groups is 1. The Hall–Kier alpha value is -4.44. The number of nitrogens with two attached hydrogens (primary N) is 1. The number of carbonyl (C=O) groups excluding carboxylic acids is 1. The van der Waals surface area contributed by atoms with Crippen LogP contribution >= 0.6 is 0 Å². The molecule has 0 saturated heterocycles. The lowest BCUT2D eigenvalue weighted by Gasteiger charge is -2.17. The number of halogens is 1. The van der Waals surface area contributed by atoms with Crippen LogP contribution in [0.25, 0.3) is 22.4 Å². The lowest BCUT2D eigenvalue weighted by atomic mass is 9.93. The SMILES string of the molecule is CCN(CC)CCCc1cc(-c2cc[nH]c(-c3ccc(NC(=O)/N=C(N)\C=C(/O)C(C)(C)C)c(F)c3)cn(C)c2)ccn1. The Morgan fingerprint density at radius 3 is 2.56 bits per heavy atom. The van der Waals surface area contributed by atoms with Gasteiger partial charge in [-0.2, -0.15) is 4.99 Å². The van der Waals surface area contributed by atoms with E-state index in [1.165, 1.54) is 18.2 Å². The van der Waals surface area contributed by atoms with Crippen molar-refractivity contribution in [1.82, 2.24) is 19.4 Å². The van der Waals surface area contributed by atoms with E-state index < -0.39 is 17.3 Å². The summed E-state index contributed by atoms with van der Waals surface area (Å²) in [5, 5.41) is 12.4. The first-order valence-corrected chi connectivity index (χ1v) is 14.5.